The summed E-state index contributed by atoms with van der Waals surface area (Å²) >= 11 is 0. The van der Waals surface area contributed by atoms with Crippen LogP contribution in [0.5, 0.6) is 5.75 Å². The minimum Gasteiger partial charge on any atom is -0.493 e. The highest BCUT2D eigenvalue weighted by Gasteiger charge is 2.14. The van der Waals surface area contributed by atoms with Gasteiger partial charge >= 0.3 is 5.97 Å². The lowest BCUT2D eigenvalue weighted by Crippen LogP contribution is -2.01. The fourth-order valence-corrected chi connectivity index (χ4v) is 3.12. The van der Waals surface area contributed by atoms with E-state index in [1.54, 1.807) is 12.1 Å². The molecule has 0 aliphatic heterocycles. The number of carboxylic acid groups (broad SMARTS) is 1. The van der Waals surface area contributed by atoms with Crippen molar-refractivity contribution in [2.24, 2.45) is 0 Å². The van der Waals surface area contributed by atoms with Crippen molar-refractivity contribution < 1.29 is 14.6 Å². The molecule has 4 rings (SSSR count). The summed E-state index contributed by atoms with van der Waals surface area (Å²) in [6, 6.07) is 16.5. The standard InChI is InChI=1S/C21H15N3O3/c22-11-1-2-12-27-18-8-4-5-14-13(18)9-10-17-19(14)24-20-15(21(25)26)6-3-7-16(20)23-17/h3-10H,1-2,12H2,(H,25,26). The molecule has 0 aliphatic carbocycles. The third-order valence-electron chi connectivity index (χ3n) is 4.37. The van der Waals surface area contributed by atoms with Gasteiger partial charge in [-0.05, 0) is 36.8 Å². The molecular weight excluding hydrogens is 342 g/mol. The van der Waals surface area contributed by atoms with Gasteiger partial charge in [0, 0.05) is 17.2 Å². The van der Waals surface area contributed by atoms with Crippen molar-refractivity contribution in [1.82, 2.24) is 9.97 Å². The molecule has 0 fully saturated rings. The normalized spacial score (nSPS) is 10.9. The number of unbranched alkanes of at least 4 members (excludes halogenated alkanes) is 1. The van der Waals surface area contributed by atoms with Gasteiger partial charge in [0.2, 0.25) is 0 Å². The van der Waals surface area contributed by atoms with Crippen LogP contribution in [-0.4, -0.2) is 27.7 Å². The van der Waals surface area contributed by atoms with Crippen molar-refractivity contribution in [3.63, 3.8) is 0 Å². The first-order valence-corrected chi connectivity index (χ1v) is 8.54. The second-order valence-corrected chi connectivity index (χ2v) is 6.10. The Morgan fingerprint density at radius 3 is 2.63 bits per heavy atom. The summed E-state index contributed by atoms with van der Waals surface area (Å²) in [6.07, 6.45) is 1.11. The van der Waals surface area contributed by atoms with Crippen LogP contribution in [0.25, 0.3) is 32.8 Å². The Labute approximate surface area is 154 Å². The summed E-state index contributed by atoms with van der Waals surface area (Å²) in [6.45, 7) is 0.456. The molecule has 0 atom stereocenters. The SMILES string of the molecule is N#CCCCOc1cccc2c1ccc1nc3cccc(C(=O)O)c3nc12. The van der Waals surface area contributed by atoms with Gasteiger partial charge in [0.05, 0.1) is 34.8 Å². The smallest absolute Gasteiger partial charge is 0.337 e. The summed E-state index contributed by atoms with van der Waals surface area (Å²) in [4.78, 5) is 20.7. The number of nitriles is 1. The summed E-state index contributed by atoms with van der Waals surface area (Å²) in [5, 5.41) is 19.8. The lowest BCUT2D eigenvalue weighted by molar-refractivity contribution is 0.0699. The van der Waals surface area contributed by atoms with Gasteiger partial charge in [0.25, 0.3) is 0 Å². The molecule has 27 heavy (non-hydrogen) atoms. The Hall–Kier alpha value is -3.72. The van der Waals surface area contributed by atoms with Crippen molar-refractivity contribution in [1.29, 1.82) is 5.26 Å². The van der Waals surface area contributed by atoms with Gasteiger partial charge < -0.3 is 9.84 Å². The van der Waals surface area contributed by atoms with E-state index in [-0.39, 0.29) is 5.56 Å². The predicted octanol–water partition coefficient (Wildman–Crippen LogP) is 4.32. The Balaban J connectivity index is 1.91. The molecule has 0 unspecified atom stereocenters. The molecule has 132 valence electrons. The second-order valence-electron chi connectivity index (χ2n) is 6.10. The fraction of sp³-hybridized carbons (Fsp3) is 0.143. The summed E-state index contributed by atoms with van der Waals surface area (Å²) in [7, 11) is 0. The van der Waals surface area contributed by atoms with Crippen molar-refractivity contribution in [3.05, 3.63) is 54.1 Å². The van der Waals surface area contributed by atoms with Gasteiger partial charge in [-0.15, -0.1) is 0 Å². The molecule has 0 aliphatic rings. The first kappa shape index (κ1) is 16.7. The number of hydrogen-bond acceptors (Lipinski definition) is 5. The largest absolute Gasteiger partial charge is 0.493 e. The van der Waals surface area contributed by atoms with Gasteiger partial charge in [-0.25, -0.2) is 14.8 Å². The number of carboxylic acids is 1. The number of carbonyl (C=O) groups is 1. The lowest BCUT2D eigenvalue weighted by atomic mass is 10.1. The predicted molar refractivity (Wildman–Crippen MR) is 102 cm³/mol. The van der Waals surface area contributed by atoms with E-state index in [1.165, 1.54) is 6.07 Å². The van der Waals surface area contributed by atoms with Gasteiger partial charge in [-0.3, -0.25) is 0 Å². The molecule has 0 bridgehead atoms. The van der Waals surface area contributed by atoms with Crippen LogP contribution in [0, 0.1) is 11.3 Å². The molecular formula is C21H15N3O3. The molecule has 0 spiro atoms. The number of fused-ring (bicyclic) bond motifs is 4. The lowest BCUT2D eigenvalue weighted by Gasteiger charge is -2.11. The van der Waals surface area contributed by atoms with Crippen molar-refractivity contribution in [2.45, 2.75) is 12.8 Å². The highest BCUT2D eigenvalue weighted by Crippen LogP contribution is 2.31. The van der Waals surface area contributed by atoms with Crippen LogP contribution in [0.2, 0.25) is 0 Å². The Morgan fingerprint density at radius 2 is 1.81 bits per heavy atom. The third-order valence-corrected chi connectivity index (χ3v) is 4.37. The number of nitrogens with zero attached hydrogens (tertiary/aromatic N) is 3. The Morgan fingerprint density at radius 1 is 1.00 bits per heavy atom. The average molecular weight is 357 g/mol. The molecule has 3 aromatic carbocycles. The van der Waals surface area contributed by atoms with Crippen LogP contribution in [0.1, 0.15) is 23.2 Å². The van der Waals surface area contributed by atoms with E-state index < -0.39 is 5.97 Å². The fourth-order valence-electron chi connectivity index (χ4n) is 3.12. The highest BCUT2D eigenvalue weighted by atomic mass is 16.5. The molecule has 1 N–H and O–H groups in total. The van der Waals surface area contributed by atoms with Gasteiger partial charge in [-0.1, -0.05) is 18.2 Å². The zero-order valence-electron chi connectivity index (χ0n) is 14.3. The third kappa shape index (κ3) is 3.00. The maximum atomic E-state index is 11.5. The number of aromatic carboxylic acids is 1. The average Bonchev–Trinajstić information content (AvgIpc) is 2.69. The Bertz CT molecular complexity index is 1230. The molecule has 0 saturated heterocycles. The highest BCUT2D eigenvalue weighted by molar-refractivity contribution is 6.10. The van der Waals surface area contributed by atoms with E-state index in [0.29, 0.717) is 47.3 Å². The first-order chi connectivity index (χ1) is 13.2. The zero-order chi connectivity index (χ0) is 18.8. The number of para-hydroxylation sites is 1. The molecule has 0 radical (unpaired) electrons. The van der Waals surface area contributed by atoms with Crippen molar-refractivity contribution in [3.8, 4) is 11.8 Å². The monoisotopic (exact) mass is 357 g/mol. The number of aromatic nitrogens is 2. The molecule has 4 aromatic rings. The molecule has 1 heterocycles. The molecule has 0 saturated carbocycles. The number of ether oxygens (including phenoxy) is 1. The van der Waals surface area contributed by atoms with E-state index in [0.717, 1.165) is 10.8 Å². The Kier molecular flexibility index (Phi) is 4.27. The van der Waals surface area contributed by atoms with E-state index in [1.807, 2.05) is 30.3 Å². The van der Waals surface area contributed by atoms with Crippen LogP contribution in [0.3, 0.4) is 0 Å². The maximum Gasteiger partial charge on any atom is 0.337 e. The number of hydrogen-bond donors (Lipinski definition) is 1. The molecule has 6 heteroatoms. The first-order valence-electron chi connectivity index (χ1n) is 8.54. The van der Waals surface area contributed by atoms with Crippen LogP contribution >= 0.6 is 0 Å². The summed E-state index contributed by atoms with van der Waals surface area (Å²) in [5.41, 5.74) is 2.37. The van der Waals surface area contributed by atoms with Crippen LogP contribution in [0.15, 0.2) is 48.5 Å². The minimum absolute atomic E-state index is 0.128. The quantitative estimate of drug-likeness (QED) is 0.325. The van der Waals surface area contributed by atoms with Gasteiger partial charge in [-0.2, -0.15) is 5.26 Å². The maximum absolute atomic E-state index is 11.5. The zero-order valence-corrected chi connectivity index (χ0v) is 14.3. The van der Waals surface area contributed by atoms with Crippen molar-refractivity contribution >= 4 is 38.8 Å². The summed E-state index contributed by atoms with van der Waals surface area (Å²) in [5.74, 6) is -0.322. The summed E-state index contributed by atoms with van der Waals surface area (Å²) < 4.78 is 5.83. The number of benzene rings is 3. The molecule has 6 nitrogen and oxygen atoms in total. The van der Waals surface area contributed by atoms with Gasteiger partial charge in [0.15, 0.2) is 0 Å². The van der Waals surface area contributed by atoms with E-state index in [2.05, 4.69) is 16.0 Å². The minimum atomic E-state index is -1.03. The van der Waals surface area contributed by atoms with E-state index >= 15 is 0 Å². The second kappa shape index (κ2) is 6.89. The van der Waals surface area contributed by atoms with Gasteiger partial charge in [0.1, 0.15) is 11.3 Å². The molecule has 0 amide bonds. The van der Waals surface area contributed by atoms with Crippen molar-refractivity contribution in [2.75, 3.05) is 6.61 Å². The molecule has 1 aromatic heterocycles. The van der Waals surface area contributed by atoms with Crippen LogP contribution in [-0.2, 0) is 0 Å². The van der Waals surface area contributed by atoms with E-state index in [4.69, 9.17) is 10.00 Å². The van der Waals surface area contributed by atoms with Crippen LogP contribution in [0.4, 0.5) is 0 Å². The van der Waals surface area contributed by atoms with E-state index in [9.17, 15) is 9.90 Å². The van der Waals surface area contributed by atoms with Crippen LogP contribution < -0.4 is 4.74 Å². The topological polar surface area (TPSA) is 96.1 Å². The number of rotatable bonds is 5.